The van der Waals surface area contributed by atoms with Gasteiger partial charge in [0.15, 0.2) is 0 Å². The molecule has 0 aliphatic heterocycles. The Labute approximate surface area is 119 Å². The highest BCUT2D eigenvalue weighted by Gasteiger charge is 2.18. The number of amides is 2. The summed E-state index contributed by atoms with van der Waals surface area (Å²) in [6.45, 7) is 1.81. The standard InChI is InChI=1S/C14H11F2N3O2/c1-8-5-6-11(17-7-8)18-13(20)14(21)19-12-9(15)3-2-4-10(12)16/h2-7H,1H3,(H,19,21)(H,17,18,20). The Hall–Kier alpha value is -2.83. The van der Waals surface area contributed by atoms with Gasteiger partial charge in [-0.2, -0.15) is 0 Å². The van der Waals surface area contributed by atoms with E-state index in [1.54, 1.807) is 6.07 Å². The molecular weight excluding hydrogens is 280 g/mol. The number of para-hydroxylation sites is 1. The number of benzene rings is 1. The zero-order valence-electron chi connectivity index (χ0n) is 11.0. The van der Waals surface area contributed by atoms with Gasteiger partial charge >= 0.3 is 11.8 Å². The van der Waals surface area contributed by atoms with Crippen LogP contribution < -0.4 is 10.6 Å². The molecule has 0 spiro atoms. The number of rotatable bonds is 2. The van der Waals surface area contributed by atoms with Crippen LogP contribution in [0.3, 0.4) is 0 Å². The van der Waals surface area contributed by atoms with Gasteiger partial charge in [0.2, 0.25) is 0 Å². The molecule has 0 aliphatic rings. The summed E-state index contributed by atoms with van der Waals surface area (Å²) in [5.41, 5.74) is 0.209. The van der Waals surface area contributed by atoms with Gasteiger partial charge in [-0.25, -0.2) is 13.8 Å². The lowest BCUT2D eigenvalue weighted by Gasteiger charge is -2.07. The van der Waals surface area contributed by atoms with Crippen LogP contribution >= 0.6 is 0 Å². The van der Waals surface area contributed by atoms with Crippen LogP contribution in [0.1, 0.15) is 5.56 Å². The molecular formula is C14H11F2N3O2. The molecule has 0 atom stereocenters. The number of hydrogen-bond acceptors (Lipinski definition) is 3. The van der Waals surface area contributed by atoms with Crippen molar-refractivity contribution < 1.29 is 18.4 Å². The highest BCUT2D eigenvalue weighted by atomic mass is 19.1. The predicted molar refractivity (Wildman–Crippen MR) is 72.6 cm³/mol. The van der Waals surface area contributed by atoms with E-state index in [4.69, 9.17) is 0 Å². The molecule has 0 fully saturated rings. The monoisotopic (exact) mass is 291 g/mol. The summed E-state index contributed by atoms with van der Waals surface area (Å²) in [7, 11) is 0. The molecule has 2 amide bonds. The van der Waals surface area contributed by atoms with E-state index in [0.29, 0.717) is 0 Å². The molecule has 0 saturated heterocycles. The summed E-state index contributed by atoms with van der Waals surface area (Å²) in [5, 5.41) is 4.10. The molecule has 7 heteroatoms. The van der Waals surface area contributed by atoms with Crippen LogP contribution in [0.25, 0.3) is 0 Å². The lowest BCUT2D eigenvalue weighted by atomic mass is 10.3. The maximum atomic E-state index is 13.3. The third-order valence-corrected chi connectivity index (χ3v) is 2.56. The summed E-state index contributed by atoms with van der Waals surface area (Å²) in [4.78, 5) is 27.1. The molecule has 0 unspecified atom stereocenters. The first-order valence-electron chi connectivity index (χ1n) is 5.96. The van der Waals surface area contributed by atoms with Gasteiger partial charge in [0.25, 0.3) is 0 Å². The van der Waals surface area contributed by atoms with E-state index >= 15 is 0 Å². The number of aromatic nitrogens is 1. The molecule has 1 aromatic carbocycles. The minimum absolute atomic E-state index is 0.162. The Morgan fingerprint density at radius 1 is 1.00 bits per heavy atom. The summed E-state index contributed by atoms with van der Waals surface area (Å²) < 4.78 is 26.7. The van der Waals surface area contributed by atoms with Crippen molar-refractivity contribution in [1.82, 2.24) is 4.98 Å². The normalized spacial score (nSPS) is 10.0. The minimum atomic E-state index is -1.19. The molecule has 1 aromatic heterocycles. The molecule has 2 rings (SSSR count). The predicted octanol–water partition coefficient (Wildman–Crippen LogP) is 2.25. The molecule has 0 radical (unpaired) electrons. The fourth-order valence-corrected chi connectivity index (χ4v) is 1.50. The van der Waals surface area contributed by atoms with E-state index in [9.17, 15) is 18.4 Å². The van der Waals surface area contributed by atoms with Crippen LogP contribution in [0.15, 0.2) is 36.5 Å². The molecule has 0 aliphatic carbocycles. The number of aryl methyl sites for hydroxylation is 1. The van der Waals surface area contributed by atoms with Gasteiger partial charge in [0.05, 0.1) is 0 Å². The van der Waals surface area contributed by atoms with Gasteiger partial charge in [-0.05, 0) is 30.7 Å². The van der Waals surface area contributed by atoms with Gasteiger partial charge in [0, 0.05) is 6.20 Å². The number of carbonyl (C=O) groups is 2. The molecule has 108 valence electrons. The maximum absolute atomic E-state index is 13.3. The highest BCUT2D eigenvalue weighted by molar-refractivity contribution is 6.43. The lowest BCUT2D eigenvalue weighted by Crippen LogP contribution is -2.30. The number of nitrogens with zero attached hydrogens (tertiary/aromatic N) is 1. The van der Waals surface area contributed by atoms with Crippen LogP contribution in [0.2, 0.25) is 0 Å². The van der Waals surface area contributed by atoms with Gasteiger partial charge in [-0.3, -0.25) is 9.59 Å². The Kier molecular flexibility index (Phi) is 4.22. The first-order chi connectivity index (χ1) is 9.97. The van der Waals surface area contributed by atoms with E-state index < -0.39 is 29.1 Å². The Bertz CT molecular complexity index is 667. The largest absolute Gasteiger partial charge is 0.315 e. The van der Waals surface area contributed by atoms with Crippen molar-refractivity contribution >= 4 is 23.3 Å². The highest BCUT2D eigenvalue weighted by Crippen LogP contribution is 2.17. The SMILES string of the molecule is Cc1ccc(NC(=O)C(=O)Nc2c(F)cccc2F)nc1. The smallest absolute Gasteiger partial charge is 0.313 e. The molecule has 0 saturated carbocycles. The fourth-order valence-electron chi connectivity index (χ4n) is 1.50. The second kappa shape index (κ2) is 6.08. The van der Waals surface area contributed by atoms with Crippen LogP contribution in [-0.4, -0.2) is 16.8 Å². The maximum Gasteiger partial charge on any atom is 0.315 e. The van der Waals surface area contributed by atoms with Crippen molar-refractivity contribution in [3.63, 3.8) is 0 Å². The fraction of sp³-hybridized carbons (Fsp3) is 0.0714. The minimum Gasteiger partial charge on any atom is -0.313 e. The van der Waals surface area contributed by atoms with E-state index in [1.807, 2.05) is 12.2 Å². The first kappa shape index (κ1) is 14.6. The van der Waals surface area contributed by atoms with Gasteiger partial charge in [-0.15, -0.1) is 0 Å². The van der Waals surface area contributed by atoms with E-state index in [0.717, 1.165) is 23.8 Å². The molecule has 0 bridgehead atoms. The average Bonchev–Trinajstić information content (AvgIpc) is 2.45. The zero-order valence-corrected chi connectivity index (χ0v) is 11.0. The number of hydrogen-bond donors (Lipinski definition) is 2. The van der Waals surface area contributed by atoms with Crippen LogP contribution in [0.5, 0.6) is 0 Å². The third kappa shape index (κ3) is 3.59. The Morgan fingerprint density at radius 3 is 2.19 bits per heavy atom. The summed E-state index contributed by atoms with van der Waals surface area (Å²) in [6, 6.07) is 6.29. The van der Waals surface area contributed by atoms with E-state index in [1.165, 1.54) is 12.3 Å². The molecule has 5 nitrogen and oxygen atoms in total. The number of nitrogens with one attached hydrogen (secondary N) is 2. The van der Waals surface area contributed by atoms with Crippen LogP contribution in [-0.2, 0) is 9.59 Å². The number of carbonyl (C=O) groups excluding carboxylic acids is 2. The Morgan fingerprint density at radius 2 is 1.62 bits per heavy atom. The van der Waals surface area contributed by atoms with Crippen LogP contribution in [0, 0.1) is 18.6 Å². The second-order valence-electron chi connectivity index (χ2n) is 4.23. The summed E-state index contributed by atoms with van der Waals surface area (Å²) in [5.74, 6) is -4.04. The number of pyridine rings is 1. The quantitative estimate of drug-likeness (QED) is 0.834. The second-order valence-corrected chi connectivity index (χ2v) is 4.23. The van der Waals surface area contributed by atoms with Gasteiger partial charge < -0.3 is 10.6 Å². The van der Waals surface area contributed by atoms with Crippen molar-refractivity contribution in [2.24, 2.45) is 0 Å². The lowest BCUT2D eigenvalue weighted by molar-refractivity contribution is -0.133. The Balaban J connectivity index is 2.06. The van der Waals surface area contributed by atoms with E-state index in [-0.39, 0.29) is 5.82 Å². The van der Waals surface area contributed by atoms with Crippen molar-refractivity contribution in [1.29, 1.82) is 0 Å². The van der Waals surface area contributed by atoms with E-state index in [2.05, 4.69) is 10.3 Å². The number of anilines is 2. The summed E-state index contributed by atoms with van der Waals surface area (Å²) in [6.07, 6.45) is 1.50. The molecule has 2 N–H and O–H groups in total. The molecule has 21 heavy (non-hydrogen) atoms. The zero-order chi connectivity index (χ0) is 15.4. The average molecular weight is 291 g/mol. The van der Waals surface area contributed by atoms with Crippen molar-refractivity contribution in [2.75, 3.05) is 10.6 Å². The molecule has 2 aromatic rings. The topological polar surface area (TPSA) is 71.1 Å². The first-order valence-corrected chi connectivity index (χ1v) is 5.96. The third-order valence-electron chi connectivity index (χ3n) is 2.56. The molecule has 1 heterocycles. The van der Waals surface area contributed by atoms with Crippen molar-refractivity contribution in [2.45, 2.75) is 6.92 Å². The van der Waals surface area contributed by atoms with Gasteiger partial charge in [-0.1, -0.05) is 12.1 Å². The van der Waals surface area contributed by atoms with Crippen LogP contribution in [0.4, 0.5) is 20.3 Å². The number of halogens is 2. The van der Waals surface area contributed by atoms with Crippen molar-refractivity contribution in [3.8, 4) is 0 Å². The summed E-state index contributed by atoms with van der Waals surface area (Å²) >= 11 is 0. The van der Waals surface area contributed by atoms with Gasteiger partial charge in [0.1, 0.15) is 23.1 Å². The van der Waals surface area contributed by atoms with Crippen molar-refractivity contribution in [3.05, 3.63) is 53.7 Å².